The Morgan fingerprint density at radius 3 is 2.56 bits per heavy atom. The van der Waals surface area contributed by atoms with Gasteiger partial charge < -0.3 is 5.73 Å². The molecular formula is C11H11ClFN3. The summed E-state index contributed by atoms with van der Waals surface area (Å²) in [4.78, 5) is 0. The molecule has 0 amide bonds. The molecule has 5 heteroatoms. The number of hydrogen-bond acceptors (Lipinski definition) is 2. The Bertz CT molecular complexity index is 466. The minimum Gasteiger partial charge on any atom is -0.328 e. The zero-order chi connectivity index (χ0) is 11.5. The molecule has 0 aliphatic rings. The highest BCUT2D eigenvalue weighted by atomic mass is 35.5. The van der Waals surface area contributed by atoms with E-state index in [1.807, 2.05) is 0 Å². The van der Waals surface area contributed by atoms with Gasteiger partial charge in [-0.15, -0.1) is 0 Å². The fourth-order valence-corrected chi connectivity index (χ4v) is 1.71. The number of halogens is 2. The second-order valence-electron chi connectivity index (χ2n) is 3.44. The predicted octanol–water partition coefficient (Wildman–Crippen LogP) is 2.22. The van der Waals surface area contributed by atoms with Gasteiger partial charge in [-0.2, -0.15) is 5.10 Å². The summed E-state index contributed by atoms with van der Waals surface area (Å²) in [6.45, 7) is 0.379. The topological polar surface area (TPSA) is 43.8 Å². The molecule has 0 radical (unpaired) electrons. The van der Waals surface area contributed by atoms with Gasteiger partial charge in [0, 0.05) is 12.7 Å². The first-order valence-electron chi connectivity index (χ1n) is 4.86. The summed E-state index contributed by atoms with van der Waals surface area (Å²) in [6, 6.07) is 6.09. The molecule has 84 valence electrons. The van der Waals surface area contributed by atoms with Crippen LogP contribution in [0.5, 0.6) is 0 Å². The number of aromatic nitrogens is 2. The van der Waals surface area contributed by atoms with Crippen LogP contribution >= 0.6 is 11.6 Å². The smallest absolute Gasteiger partial charge is 0.123 e. The summed E-state index contributed by atoms with van der Waals surface area (Å²) in [7, 11) is 0. The quantitative estimate of drug-likeness (QED) is 0.893. The van der Waals surface area contributed by atoms with Crippen LogP contribution in [-0.4, -0.2) is 16.3 Å². The lowest BCUT2D eigenvalue weighted by Crippen LogP contribution is -2.20. The maximum atomic E-state index is 12.8. The Labute approximate surface area is 97.6 Å². The van der Waals surface area contributed by atoms with Gasteiger partial charge in [0.25, 0.3) is 0 Å². The molecule has 1 unspecified atom stereocenters. The first-order valence-corrected chi connectivity index (χ1v) is 5.23. The largest absolute Gasteiger partial charge is 0.328 e. The van der Waals surface area contributed by atoms with Gasteiger partial charge in [0.05, 0.1) is 17.3 Å². The number of benzene rings is 1. The average molecular weight is 240 g/mol. The van der Waals surface area contributed by atoms with Crippen molar-refractivity contribution in [3.8, 4) is 0 Å². The van der Waals surface area contributed by atoms with Crippen LogP contribution in [0.25, 0.3) is 0 Å². The highest BCUT2D eigenvalue weighted by molar-refractivity contribution is 6.30. The molecule has 0 aliphatic carbocycles. The number of hydrogen-bond donors (Lipinski definition) is 1. The van der Waals surface area contributed by atoms with E-state index in [2.05, 4.69) is 5.10 Å². The first-order chi connectivity index (χ1) is 7.70. The van der Waals surface area contributed by atoms with Crippen molar-refractivity contribution in [3.05, 3.63) is 53.1 Å². The Kier molecular flexibility index (Phi) is 3.22. The van der Waals surface area contributed by atoms with Crippen molar-refractivity contribution in [1.82, 2.24) is 9.78 Å². The third-order valence-corrected chi connectivity index (χ3v) is 2.56. The van der Waals surface area contributed by atoms with Gasteiger partial charge in [-0.3, -0.25) is 4.68 Å². The molecule has 2 rings (SSSR count). The maximum absolute atomic E-state index is 12.8. The summed E-state index contributed by atoms with van der Waals surface area (Å²) in [5.74, 6) is -0.266. The molecule has 0 saturated carbocycles. The van der Waals surface area contributed by atoms with E-state index in [1.165, 1.54) is 12.1 Å². The number of nitrogens with zero attached hydrogens (tertiary/aromatic N) is 2. The van der Waals surface area contributed by atoms with Gasteiger partial charge in [-0.05, 0) is 17.7 Å². The highest BCUT2D eigenvalue weighted by Gasteiger charge is 2.12. The van der Waals surface area contributed by atoms with Crippen LogP contribution < -0.4 is 5.73 Å². The van der Waals surface area contributed by atoms with E-state index in [4.69, 9.17) is 17.3 Å². The van der Waals surface area contributed by atoms with Crippen molar-refractivity contribution < 1.29 is 4.39 Å². The van der Waals surface area contributed by atoms with Gasteiger partial charge in [0.15, 0.2) is 0 Å². The van der Waals surface area contributed by atoms with Gasteiger partial charge in [-0.1, -0.05) is 23.7 Å². The van der Waals surface area contributed by atoms with Gasteiger partial charge >= 0.3 is 0 Å². The zero-order valence-electron chi connectivity index (χ0n) is 8.48. The SMILES string of the molecule is NCC(c1ccc(F)cc1)n1cc(Cl)cn1. The molecule has 2 aromatic rings. The van der Waals surface area contributed by atoms with Crippen LogP contribution in [0.4, 0.5) is 4.39 Å². The van der Waals surface area contributed by atoms with Gasteiger partial charge in [0.2, 0.25) is 0 Å². The third kappa shape index (κ3) is 2.23. The number of rotatable bonds is 3. The first kappa shape index (κ1) is 11.1. The van der Waals surface area contributed by atoms with E-state index >= 15 is 0 Å². The second-order valence-corrected chi connectivity index (χ2v) is 3.88. The normalized spacial score (nSPS) is 12.7. The second kappa shape index (κ2) is 4.63. The fourth-order valence-electron chi connectivity index (χ4n) is 1.57. The summed E-state index contributed by atoms with van der Waals surface area (Å²) in [5, 5.41) is 4.65. The summed E-state index contributed by atoms with van der Waals surface area (Å²) >= 11 is 5.79. The van der Waals surface area contributed by atoms with Crippen LogP contribution in [-0.2, 0) is 0 Å². The lowest BCUT2D eigenvalue weighted by Gasteiger charge is -2.15. The molecule has 1 heterocycles. The summed E-state index contributed by atoms with van der Waals surface area (Å²) in [5.41, 5.74) is 6.59. The van der Waals surface area contributed by atoms with Crippen molar-refractivity contribution in [3.63, 3.8) is 0 Å². The zero-order valence-corrected chi connectivity index (χ0v) is 9.23. The molecule has 0 aliphatic heterocycles. The highest BCUT2D eigenvalue weighted by Crippen LogP contribution is 2.18. The van der Waals surface area contributed by atoms with Crippen LogP contribution in [0.2, 0.25) is 5.02 Å². The van der Waals surface area contributed by atoms with E-state index in [-0.39, 0.29) is 11.9 Å². The summed E-state index contributed by atoms with van der Waals surface area (Å²) in [6.07, 6.45) is 3.25. The Morgan fingerprint density at radius 2 is 2.06 bits per heavy atom. The van der Waals surface area contributed by atoms with E-state index < -0.39 is 0 Å². The van der Waals surface area contributed by atoms with Crippen molar-refractivity contribution in [1.29, 1.82) is 0 Å². The molecule has 1 atom stereocenters. The minimum atomic E-state index is -0.266. The van der Waals surface area contributed by atoms with E-state index in [9.17, 15) is 4.39 Å². The summed E-state index contributed by atoms with van der Waals surface area (Å²) < 4.78 is 14.5. The average Bonchev–Trinajstić information content (AvgIpc) is 2.69. The minimum absolute atomic E-state index is 0.118. The van der Waals surface area contributed by atoms with Crippen LogP contribution in [0.3, 0.4) is 0 Å². The molecule has 3 nitrogen and oxygen atoms in total. The maximum Gasteiger partial charge on any atom is 0.123 e. The van der Waals surface area contributed by atoms with Crippen molar-refractivity contribution in [2.24, 2.45) is 5.73 Å². The third-order valence-electron chi connectivity index (χ3n) is 2.37. The van der Waals surface area contributed by atoms with Gasteiger partial charge in [0.1, 0.15) is 5.82 Å². The fraction of sp³-hybridized carbons (Fsp3) is 0.182. The molecule has 16 heavy (non-hydrogen) atoms. The molecule has 1 aromatic carbocycles. The predicted molar refractivity (Wildman–Crippen MR) is 60.8 cm³/mol. The Hall–Kier alpha value is -1.39. The molecule has 0 saturated heterocycles. The van der Waals surface area contributed by atoms with E-state index in [0.717, 1.165) is 5.56 Å². The molecule has 0 bridgehead atoms. The number of nitrogens with two attached hydrogens (primary N) is 1. The molecule has 1 aromatic heterocycles. The molecular weight excluding hydrogens is 229 g/mol. The molecule has 0 fully saturated rings. The van der Waals surface area contributed by atoms with Crippen molar-refractivity contribution >= 4 is 11.6 Å². The monoisotopic (exact) mass is 239 g/mol. The molecule has 0 spiro atoms. The van der Waals surface area contributed by atoms with Crippen LogP contribution in [0, 0.1) is 5.82 Å². The van der Waals surface area contributed by atoms with Crippen LogP contribution in [0.1, 0.15) is 11.6 Å². The van der Waals surface area contributed by atoms with E-state index in [0.29, 0.717) is 11.6 Å². The van der Waals surface area contributed by atoms with Gasteiger partial charge in [-0.25, -0.2) is 4.39 Å². The van der Waals surface area contributed by atoms with Crippen molar-refractivity contribution in [2.45, 2.75) is 6.04 Å². The molecule has 2 N–H and O–H groups in total. The van der Waals surface area contributed by atoms with Crippen LogP contribution in [0.15, 0.2) is 36.7 Å². The Balaban J connectivity index is 2.32. The lowest BCUT2D eigenvalue weighted by molar-refractivity contribution is 0.530. The standard InChI is InChI=1S/C11H11ClFN3/c12-9-6-15-16(7-9)11(5-14)8-1-3-10(13)4-2-8/h1-4,6-7,11H,5,14H2. The van der Waals surface area contributed by atoms with E-state index in [1.54, 1.807) is 29.2 Å². The van der Waals surface area contributed by atoms with Crippen molar-refractivity contribution in [2.75, 3.05) is 6.54 Å². The lowest BCUT2D eigenvalue weighted by atomic mass is 10.1. The Morgan fingerprint density at radius 1 is 1.38 bits per heavy atom.